The minimum absolute atomic E-state index is 0.474. The monoisotopic (exact) mass is 160 g/mol. The summed E-state index contributed by atoms with van der Waals surface area (Å²) in [6.45, 7) is 0.474. The second-order valence-corrected chi connectivity index (χ2v) is 3.49. The van der Waals surface area contributed by atoms with E-state index in [1.165, 1.54) is 11.3 Å². The summed E-state index contributed by atoms with van der Waals surface area (Å²) in [5.41, 5.74) is 2.72. The van der Waals surface area contributed by atoms with E-state index >= 15 is 0 Å². The van der Waals surface area contributed by atoms with E-state index in [9.17, 15) is 0 Å². The van der Waals surface area contributed by atoms with Gasteiger partial charge in [0.25, 0.3) is 0 Å². The SMILES string of the molecule is CN(C)B1Cc2ccccc2N1. The topological polar surface area (TPSA) is 15.3 Å². The van der Waals surface area contributed by atoms with E-state index in [2.05, 4.69) is 48.4 Å². The largest absolute Gasteiger partial charge is 0.414 e. The Kier molecular flexibility index (Phi) is 1.81. The van der Waals surface area contributed by atoms with E-state index < -0.39 is 0 Å². The summed E-state index contributed by atoms with van der Waals surface area (Å²) >= 11 is 0. The van der Waals surface area contributed by atoms with Crippen LogP contribution in [-0.4, -0.2) is 25.9 Å². The zero-order chi connectivity index (χ0) is 8.55. The number of anilines is 1. The van der Waals surface area contributed by atoms with Gasteiger partial charge in [-0.05, 0) is 32.0 Å². The quantitative estimate of drug-likeness (QED) is 0.621. The van der Waals surface area contributed by atoms with Gasteiger partial charge in [0, 0.05) is 5.69 Å². The molecule has 1 aromatic rings. The lowest BCUT2D eigenvalue weighted by Crippen LogP contribution is -2.38. The molecule has 0 amide bonds. The van der Waals surface area contributed by atoms with Gasteiger partial charge in [0.15, 0.2) is 0 Å². The lowest BCUT2D eigenvalue weighted by molar-refractivity contribution is 0.642. The number of fused-ring (bicyclic) bond motifs is 1. The minimum Gasteiger partial charge on any atom is -0.414 e. The van der Waals surface area contributed by atoms with Crippen LogP contribution < -0.4 is 5.23 Å². The van der Waals surface area contributed by atoms with Gasteiger partial charge in [-0.2, -0.15) is 0 Å². The Hall–Kier alpha value is -0.955. The molecule has 12 heavy (non-hydrogen) atoms. The van der Waals surface area contributed by atoms with E-state index in [0.29, 0.717) is 6.98 Å². The first-order valence-corrected chi connectivity index (χ1v) is 4.28. The smallest absolute Gasteiger partial charge is 0.344 e. The van der Waals surface area contributed by atoms with Crippen LogP contribution in [0.1, 0.15) is 5.56 Å². The zero-order valence-electron chi connectivity index (χ0n) is 7.54. The number of nitrogens with one attached hydrogen (secondary N) is 1. The van der Waals surface area contributed by atoms with Gasteiger partial charge in [-0.15, -0.1) is 0 Å². The highest BCUT2D eigenvalue weighted by molar-refractivity contribution is 6.60. The molecular formula is C9H13BN2. The third kappa shape index (κ3) is 1.20. The van der Waals surface area contributed by atoms with Crippen molar-refractivity contribution in [1.29, 1.82) is 0 Å². The van der Waals surface area contributed by atoms with Crippen molar-refractivity contribution < 1.29 is 0 Å². The van der Waals surface area contributed by atoms with Gasteiger partial charge in [-0.25, -0.2) is 0 Å². The summed E-state index contributed by atoms with van der Waals surface area (Å²) in [6.07, 6.45) is 1.11. The van der Waals surface area contributed by atoms with E-state index in [4.69, 9.17) is 0 Å². The molecule has 0 saturated carbocycles. The summed E-state index contributed by atoms with van der Waals surface area (Å²) in [4.78, 5) is 2.21. The lowest BCUT2D eigenvalue weighted by Gasteiger charge is -2.14. The maximum atomic E-state index is 3.46. The fraction of sp³-hybridized carbons (Fsp3) is 0.333. The zero-order valence-corrected chi connectivity index (χ0v) is 7.54. The highest BCUT2D eigenvalue weighted by Crippen LogP contribution is 2.23. The van der Waals surface area contributed by atoms with Crippen molar-refractivity contribution in [3.05, 3.63) is 29.8 Å². The molecule has 0 unspecified atom stereocenters. The summed E-state index contributed by atoms with van der Waals surface area (Å²) in [6, 6.07) is 8.49. The van der Waals surface area contributed by atoms with Gasteiger partial charge in [0.2, 0.25) is 0 Å². The van der Waals surface area contributed by atoms with Crippen LogP contribution in [-0.2, 0) is 6.32 Å². The molecule has 2 nitrogen and oxygen atoms in total. The number of hydrogen-bond acceptors (Lipinski definition) is 2. The Morgan fingerprint density at radius 3 is 2.75 bits per heavy atom. The molecule has 0 saturated heterocycles. The highest BCUT2D eigenvalue weighted by atomic mass is 15.1. The third-order valence-electron chi connectivity index (χ3n) is 2.38. The van der Waals surface area contributed by atoms with Gasteiger partial charge in [-0.3, -0.25) is 0 Å². The first-order valence-electron chi connectivity index (χ1n) is 4.28. The van der Waals surface area contributed by atoms with Crippen LogP contribution in [0.5, 0.6) is 0 Å². The molecule has 0 aliphatic carbocycles. The Balaban J connectivity index is 2.22. The van der Waals surface area contributed by atoms with Crippen LogP contribution in [0.15, 0.2) is 24.3 Å². The van der Waals surface area contributed by atoms with Crippen molar-refractivity contribution in [3.8, 4) is 0 Å². The van der Waals surface area contributed by atoms with Crippen LogP contribution in [0, 0.1) is 0 Å². The molecule has 0 atom stereocenters. The van der Waals surface area contributed by atoms with Crippen LogP contribution >= 0.6 is 0 Å². The van der Waals surface area contributed by atoms with Crippen LogP contribution in [0.4, 0.5) is 5.69 Å². The number of nitrogens with zero attached hydrogens (tertiary/aromatic N) is 1. The molecule has 1 aliphatic heterocycles. The molecule has 0 radical (unpaired) electrons. The van der Waals surface area contributed by atoms with E-state index in [-0.39, 0.29) is 0 Å². The molecule has 0 spiro atoms. The average Bonchev–Trinajstić information content (AvgIpc) is 2.46. The van der Waals surface area contributed by atoms with E-state index in [0.717, 1.165) is 6.32 Å². The van der Waals surface area contributed by atoms with Gasteiger partial charge < -0.3 is 10.0 Å². The van der Waals surface area contributed by atoms with Crippen LogP contribution in [0.2, 0.25) is 0 Å². The van der Waals surface area contributed by atoms with Gasteiger partial charge in [0.1, 0.15) is 0 Å². The summed E-state index contributed by atoms with van der Waals surface area (Å²) in [5.74, 6) is 0. The number of rotatable bonds is 1. The normalized spacial score (nSPS) is 14.8. The van der Waals surface area contributed by atoms with E-state index in [1.54, 1.807) is 0 Å². The molecule has 0 aromatic heterocycles. The fourth-order valence-corrected chi connectivity index (χ4v) is 1.59. The van der Waals surface area contributed by atoms with Crippen LogP contribution in [0.25, 0.3) is 0 Å². The molecule has 1 N–H and O–H groups in total. The Morgan fingerprint density at radius 1 is 1.33 bits per heavy atom. The Bertz CT molecular complexity index is 261. The summed E-state index contributed by atoms with van der Waals surface area (Å²) < 4.78 is 0. The highest BCUT2D eigenvalue weighted by Gasteiger charge is 2.26. The Labute approximate surface area is 73.7 Å². The van der Waals surface area contributed by atoms with E-state index in [1.807, 2.05) is 0 Å². The van der Waals surface area contributed by atoms with Crippen LogP contribution in [0.3, 0.4) is 0 Å². The molecule has 3 heteroatoms. The first kappa shape index (κ1) is 7.68. The van der Waals surface area contributed by atoms with Crippen molar-refractivity contribution in [2.45, 2.75) is 6.32 Å². The minimum atomic E-state index is 0.474. The van der Waals surface area contributed by atoms with Crippen molar-refractivity contribution in [3.63, 3.8) is 0 Å². The maximum absolute atomic E-state index is 3.46. The molecule has 1 aromatic carbocycles. The second kappa shape index (κ2) is 2.83. The predicted molar refractivity (Wildman–Crippen MR) is 53.2 cm³/mol. The molecular weight excluding hydrogens is 147 g/mol. The number of benzene rings is 1. The molecule has 2 rings (SSSR count). The predicted octanol–water partition coefficient (Wildman–Crippen LogP) is 1.24. The standard InChI is InChI=1S/C9H13BN2/c1-12(2)10-7-8-5-3-4-6-9(8)11-10/h3-6,11H,7H2,1-2H3. The number of para-hydroxylation sites is 1. The van der Waals surface area contributed by atoms with Gasteiger partial charge in [-0.1, -0.05) is 18.2 Å². The molecule has 62 valence electrons. The molecule has 0 bridgehead atoms. The third-order valence-corrected chi connectivity index (χ3v) is 2.38. The molecule has 1 heterocycles. The van der Waals surface area contributed by atoms with Crippen molar-refractivity contribution in [2.75, 3.05) is 19.3 Å². The molecule has 0 fully saturated rings. The first-order chi connectivity index (χ1) is 5.77. The van der Waals surface area contributed by atoms with Gasteiger partial charge >= 0.3 is 6.98 Å². The van der Waals surface area contributed by atoms with Crippen molar-refractivity contribution in [1.82, 2.24) is 4.81 Å². The Morgan fingerprint density at radius 2 is 2.08 bits per heavy atom. The second-order valence-electron chi connectivity index (χ2n) is 3.49. The van der Waals surface area contributed by atoms with Crippen molar-refractivity contribution >= 4 is 12.7 Å². The maximum Gasteiger partial charge on any atom is 0.344 e. The fourth-order valence-electron chi connectivity index (χ4n) is 1.59. The number of hydrogen-bond donors (Lipinski definition) is 1. The summed E-state index contributed by atoms with van der Waals surface area (Å²) in [5, 5.41) is 3.46. The molecule has 1 aliphatic rings. The average molecular weight is 160 g/mol. The summed E-state index contributed by atoms with van der Waals surface area (Å²) in [7, 11) is 4.20. The lowest BCUT2D eigenvalue weighted by atomic mass is 9.72. The van der Waals surface area contributed by atoms with Crippen molar-refractivity contribution in [2.24, 2.45) is 0 Å². The van der Waals surface area contributed by atoms with Gasteiger partial charge in [0.05, 0.1) is 0 Å².